The average molecular weight is 356 g/mol. The summed E-state index contributed by atoms with van der Waals surface area (Å²) in [6, 6.07) is 7.53. The Morgan fingerprint density at radius 1 is 0.800 bits per heavy atom. The molecule has 0 atom stereocenters. The molecule has 0 bridgehead atoms. The van der Waals surface area contributed by atoms with E-state index in [2.05, 4.69) is 4.74 Å². The third-order valence-electron chi connectivity index (χ3n) is 2.72. The number of carbonyl (C=O) groups is 2. The minimum absolute atomic E-state index is 0.189. The Morgan fingerprint density at radius 3 is 1.56 bits per heavy atom. The van der Waals surface area contributed by atoms with E-state index in [4.69, 9.17) is 20.4 Å². The molecule has 0 aliphatic carbocycles. The molecule has 2 aromatic heterocycles. The molecule has 0 spiro atoms. The van der Waals surface area contributed by atoms with Gasteiger partial charge in [0, 0.05) is 37.9 Å². The van der Waals surface area contributed by atoms with Gasteiger partial charge in [0.25, 0.3) is 0 Å². The lowest BCUT2D eigenvalue weighted by molar-refractivity contribution is -0.152. The van der Waals surface area contributed by atoms with E-state index in [0.29, 0.717) is 13.1 Å². The van der Waals surface area contributed by atoms with E-state index in [9.17, 15) is 9.59 Å². The van der Waals surface area contributed by atoms with E-state index < -0.39 is 19.6 Å². The summed E-state index contributed by atoms with van der Waals surface area (Å²) in [6.07, 6.45) is 7.91. The molecular formula is C16H24N2O7. The number of hydrogen-bond donors (Lipinski definition) is 4. The van der Waals surface area contributed by atoms with Gasteiger partial charge in [-0.2, -0.15) is 0 Å². The Hall–Kier alpha value is -2.62. The number of aliphatic hydroxyl groups is 3. The Labute approximate surface area is 145 Å². The van der Waals surface area contributed by atoms with Crippen molar-refractivity contribution in [3.05, 3.63) is 49.1 Å². The highest BCUT2D eigenvalue weighted by Gasteiger charge is 2.00. The van der Waals surface area contributed by atoms with Crippen molar-refractivity contribution in [1.29, 1.82) is 0 Å². The Bertz CT molecular complexity index is 553. The lowest BCUT2D eigenvalue weighted by Gasteiger charge is -2.01. The molecule has 0 amide bonds. The predicted octanol–water partition coefficient (Wildman–Crippen LogP) is 0.262. The molecule has 2 heterocycles. The molecule has 25 heavy (non-hydrogen) atoms. The number of aliphatic hydroxyl groups excluding tert-OH is 2. The lowest BCUT2D eigenvalue weighted by atomic mass is 10.4. The van der Waals surface area contributed by atoms with Crippen molar-refractivity contribution in [2.24, 2.45) is 0 Å². The monoisotopic (exact) mass is 356 g/mol. The molecule has 0 aliphatic heterocycles. The van der Waals surface area contributed by atoms with Crippen molar-refractivity contribution in [3.63, 3.8) is 0 Å². The van der Waals surface area contributed by atoms with Gasteiger partial charge in [0.15, 0.2) is 6.79 Å². The van der Waals surface area contributed by atoms with Crippen LogP contribution >= 0.6 is 0 Å². The maximum Gasteiger partial charge on any atom is 0.309 e. The number of esters is 1. The average Bonchev–Trinajstić information content (AvgIpc) is 3.26. The van der Waals surface area contributed by atoms with Gasteiger partial charge in [-0.15, -0.1) is 0 Å². The standard InChI is InChI=1S/C8H11NO3.C7H9NO2.CH4O2/c10-7-12-8(11)3-6-9-4-1-2-5-9;9-7(10)3-6-8-4-1-2-5-8;2-1-3/h1-2,4-5,10H,3,6-7H2;1-2,4-5H,3,6H2,(H,9,10);2-3H,1H2. The second-order valence-corrected chi connectivity index (χ2v) is 4.52. The van der Waals surface area contributed by atoms with Crippen LogP contribution in [0.25, 0.3) is 0 Å². The highest BCUT2D eigenvalue weighted by molar-refractivity contribution is 5.69. The van der Waals surface area contributed by atoms with Crippen LogP contribution in [0.4, 0.5) is 0 Å². The molecular weight excluding hydrogens is 332 g/mol. The molecule has 0 unspecified atom stereocenters. The Kier molecular flexibility index (Phi) is 13.4. The molecule has 0 saturated heterocycles. The molecule has 4 N–H and O–H groups in total. The van der Waals surface area contributed by atoms with Gasteiger partial charge >= 0.3 is 11.9 Å². The van der Waals surface area contributed by atoms with E-state index in [1.807, 2.05) is 58.2 Å². The number of aryl methyl sites for hydroxylation is 2. The largest absolute Gasteiger partial charge is 0.481 e. The van der Waals surface area contributed by atoms with Crippen molar-refractivity contribution in [2.75, 3.05) is 13.6 Å². The van der Waals surface area contributed by atoms with Crippen molar-refractivity contribution in [1.82, 2.24) is 9.13 Å². The fourth-order valence-electron chi connectivity index (χ4n) is 1.63. The van der Waals surface area contributed by atoms with Crippen LogP contribution in [0.1, 0.15) is 12.8 Å². The third-order valence-corrected chi connectivity index (χ3v) is 2.72. The number of rotatable bonds is 7. The molecule has 9 heteroatoms. The van der Waals surface area contributed by atoms with Crippen molar-refractivity contribution in [3.8, 4) is 0 Å². The highest BCUT2D eigenvalue weighted by atomic mass is 16.6. The summed E-state index contributed by atoms with van der Waals surface area (Å²) in [5.41, 5.74) is 0. The fourth-order valence-corrected chi connectivity index (χ4v) is 1.63. The number of carboxylic acids is 1. The minimum atomic E-state index is -0.756. The summed E-state index contributed by atoms with van der Waals surface area (Å²) in [4.78, 5) is 20.8. The molecule has 140 valence electrons. The molecule has 0 saturated carbocycles. The summed E-state index contributed by atoms with van der Waals surface area (Å²) in [5, 5.41) is 30.8. The van der Waals surface area contributed by atoms with Gasteiger partial charge in [0.2, 0.25) is 0 Å². The van der Waals surface area contributed by atoms with E-state index in [-0.39, 0.29) is 18.8 Å². The molecule has 0 aliphatic rings. The highest BCUT2D eigenvalue weighted by Crippen LogP contribution is 1.94. The van der Waals surface area contributed by atoms with Crippen molar-refractivity contribution >= 4 is 11.9 Å². The molecule has 0 radical (unpaired) electrons. The molecule has 2 rings (SSSR count). The first-order valence-corrected chi connectivity index (χ1v) is 7.45. The first-order chi connectivity index (χ1) is 12.0. The van der Waals surface area contributed by atoms with E-state index in [1.165, 1.54) is 0 Å². The summed E-state index contributed by atoms with van der Waals surface area (Å²) in [6.45, 7) is -0.140. The van der Waals surface area contributed by atoms with Gasteiger partial charge < -0.3 is 34.3 Å². The Balaban J connectivity index is 0.000000403. The van der Waals surface area contributed by atoms with Gasteiger partial charge in [-0.3, -0.25) is 9.59 Å². The van der Waals surface area contributed by atoms with Crippen LogP contribution in [0.15, 0.2) is 49.1 Å². The van der Waals surface area contributed by atoms with Crippen LogP contribution in [0.5, 0.6) is 0 Å². The van der Waals surface area contributed by atoms with Crippen LogP contribution in [-0.4, -0.2) is 55.1 Å². The quantitative estimate of drug-likeness (QED) is 0.413. The van der Waals surface area contributed by atoms with Gasteiger partial charge in [-0.05, 0) is 24.3 Å². The number of aliphatic carboxylic acids is 1. The minimum Gasteiger partial charge on any atom is -0.481 e. The predicted molar refractivity (Wildman–Crippen MR) is 88.2 cm³/mol. The van der Waals surface area contributed by atoms with Crippen LogP contribution in [-0.2, 0) is 27.4 Å². The number of hydrogen-bond acceptors (Lipinski definition) is 6. The maximum absolute atomic E-state index is 10.7. The summed E-state index contributed by atoms with van der Waals surface area (Å²) in [5.74, 6) is -1.14. The summed E-state index contributed by atoms with van der Waals surface area (Å²) >= 11 is 0. The molecule has 0 fully saturated rings. The van der Waals surface area contributed by atoms with E-state index in [0.717, 1.165) is 0 Å². The van der Waals surface area contributed by atoms with Crippen LogP contribution in [0.2, 0.25) is 0 Å². The van der Waals surface area contributed by atoms with Gasteiger partial charge in [0.05, 0.1) is 12.8 Å². The number of carboxylic acid groups (broad SMARTS) is 1. The number of nitrogens with zero attached hydrogens (tertiary/aromatic N) is 2. The van der Waals surface area contributed by atoms with E-state index in [1.54, 1.807) is 0 Å². The van der Waals surface area contributed by atoms with Crippen LogP contribution in [0.3, 0.4) is 0 Å². The maximum atomic E-state index is 10.7. The Morgan fingerprint density at radius 2 is 1.20 bits per heavy atom. The fraction of sp³-hybridized carbons (Fsp3) is 0.375. The van der Waals surface area contributed by atoms with E-state index >= 15 is 0 Å². The summed E-state index contributed by atoms with van der Waals surface area (Å²) in [7, 11) is 0. The zero-order valence-electron chi connectivity index (χ0n) is 13.8. The van der Waals surface area contributed by atoms with Crippen LogP contribution in [0, 0.1) is 0 Å². The molecule has 2 aromatic rings. The van der Waals surface area contributed by atoms with Crippen LogP contribution < -0.4 is 0 Å². The topological polar surface area (TPSA) is 134 Å². The SMILES string of the molecule is O=C(CCn1cccc1)OCO.O=C(O)CCn1cccc1.OCO. The van der Waals surface area contributed by atoms with Gasteiger partial charge in [0.1, 0.15) is 6.79 Å². The third kappa shape index (κ3) is 13.5. The normalized spacial score (nSPS) is 9.24. The number of carbonyl (C=O) groups excluding carboxylic acids is 1. The van der Waals surface area contributed by atoms with Crippen molar-refractivity contribution in [2.45, 2.75) is 25.9 Å². The first kappa shape index (κ1) is 22.4. The molecule has 0 aromatic carbocycles. The number of aromatic nitrogens is 2. The summed E-state index contributed by atoms with van der Waals surface area (Å²) < 4.78 is 8.06. The molecule has 9 nitrogen and oxygen atoms in total. The smallest absolute Gasteiger partial charge is 0.309 e. The van der Waals surface area contributed by atoms with Gasteiger partial charge in [-0.1, -0.05) is 0 Å². The number of ether oxygens (including phenoxy) is 1. The van der Waals surface area contributed by atoms with Gasteiger partial charge in [-0.25, -0.2) is 0 Å². The lowest BCUT2D eigenvalue weighted by Crippen LogP contribution is -2.08. The zero-order valence-corrected chi connectivity index (χ0v) is 13.8. The zero-order chi connectivity index (χ0) is 18.9. The first-order valence-electron chi connectivity index (χ1n) is 7.45. The second-order valence-electron chi connectivity index (χ2n) is 4.52. The van der Waals surface area contributed by atoms with Crippen molar-refractivity contribution < 1.29 is 34.8 Å². The second kappa shape index (κ2) is 14.9.